The Morgan fingerprint density at radius 2 is 1.97 bits per heavy atom. The quantitative estimate of drug-likeness (QED) is 0.441. The van der Waals surface area contributed by atoms with E-state index in [1.54, 1.807) is 13.3 Å². The van der Waals surface area contributed by atoms with E-state index in [4.69, 9.17) is 9.47 Å². The minimum Gasteiger partial charge on any atom is -0.493 e. The molecular weight excluding hydrogens is 434 g/mol. The summed E-state index contributed by atoms with van der Waals surface area (Å²) >= 11 is 3.51. The van der Waals surface area contributed by atoms with E-state index in [0.717, 1.165) is 24.1 Å². The highest BCUT2D eigenvalue weighted by Crippen LogP contribution is 2.36. The first kappa shape index (κ1) is 21.2. The Hall–Kier alpha value is -2.54. The van der Waals surface area contributed by atoms with Crippen LogP contribution < -0.4 is 20.2 Å². The molecule has 0 heterocycles. The van der Waals surface area contributed by atoms with E-state index in [0.29, 0.717) is 16.0 Å². The minimum absolute atomic E-state index is 0.0472. The van der Waals surface area contributed by atoms with E-state index in [1.807, 2.05) is 42.5 Å². The minimum atomic E-state index is -0.108. The van der Waals surface area contributed by atoms with Crippen molar-refractivity contribution in [3.63, 3.8) is 0 Å². The number of hydrogen-bond acceptors (Lipinski definition) is 5. The number of rotatable bonds is 8. The predicted molar refractivity (Wildman–Crippen MR) is 119 cm³/mol. The van der Waals surface area contributed by atoms with Gasteiger partial charge in [-0.1, -0.05) is 37.5 Å². The zero-order chi connectivity index (χ0) is 20.5. The van der Waals surface area contributed by atoms with Crippen LogP contribution in [0.2, 0.25) is 0 Å². The molecule has 0 aliphatic heterocycles. The number of nitrogens with zero attached hydrogens (tertiary/aromatic N) is 1. The molecule has 1 fully saturated rings. The zero-order valence-electron chi connectivity index (χ0n) is 16.5. The van der Waals surface area contributed by atoms with Gasteiger partial charge in [-0.15, -0.1) is 0 Å². The number of benzene rings is 2. The molecule has 2 N–H and O–H groups in total. The van der Waals surface area contributed by atoms with Crippen LogP contribution in [0.3, 0.4) is 0 Å². The Balaban J connectivity index is 1.59. The number of hydrogen-bond donors (Lipinski definition) is 2. The molecule has 2 aromatic rings. The van der Waals surface area contributed by atoms with Crippen LogP contribution in [0.1, 0.15) is 37.7 Å². The third kappa shape index (κ3) is 6.49. The van der Waals surface area contributed by atoms with Crippen molar-refractivity contribution in [3.05, 3.63) is 52.5 Å². The summed E-state index contributed by atoms with van der Waals surface area (Å²) in [5.41, 5.74) is 4.70. The molecule has 1 saturated carbocycles. The first-order valence-electron chi connectivity index (χ1n) is 9.79. The summed E-state index contributed by atoms with van der Waals surface area (Å²) in [6.45, 7) is -0.0472. The monoisotopic (exact) mass is 459 g/mol. The van der Waals surface area contributed by atoms with Gasteiger partial charge in [-0.05, 0) is 58.6 Å². The Morgan fingerprint density at radius 1 is 1.21 bits per heavy atom. The number of para-hydroxylation sites is 1. The van der Waals surface area contributed by atoms with Crippen LogP contribution in [0, 0.1) is 0 Å². The van der Waals surface area contributed by atoms with Crippen molar-refractivity contribution in [3.8, 4) is 11.5 Å². The molecule has 0 unspecified atom stereocenters. The normalized spacial score (nSPS) is 14.6. The second-order valence-corrected chi connectivity index (χ2v) is 7.82. The number of ether oxygens (including phenoxy) is 2. The molecule has 0 saturated heterocycles. The molecule has 1 aliphatic carbocycles. The summed E-state index contributed by atoms with van der Waals surface area (Å²) in [5, 5.41) is 7.29. The fraction of sp³-hybridized carbons (Fsp3) is 0.364. The number of methoxy groups -OCH3 is 1. The van der Waals surface area contributed by atoms with Crippen molar-refractivity contribution >= 4 is 33.7 Å². The van der Waals surface area contributed by atoms with Gasteiger partial charge in [0.15, 0.2) is 18.1 Å². The lowest BCUT2D eigenvalue weighted by Crippen LogP contribution is -2.39. The van der Waals surface area contributed by atoms with Gasteiger partial charge in [0.05, 0.1) is 23.5 Å². The molecule has 0 aromatic heterocycles. The summed E-state index contributed by atoms with van der Waals surface area (Å²) in [6, 6.07) is 13.6. The highest BCUT2D eigenvalue weighted by Gasteiger charge is 2.17. The van der Waals surface area contributed by atoms with Crippen molar-refractivity contribution in [1.82, 2.24) is 5.32 Å². The molecule has 0 bridgehead atoms. The summed E-state index contributed by atoms with van der Waals surface area (Å²) in [7, 11) is 1.57. The number of hydrazone groups is 1. The van der Waals surface area contributed by atoms with E-state index >= 15 is 0 Å². The maximum absolute atomic E-state index is 12.2. The highest BCUT2D eigenvalue weighted by molar-refractivity contribution is 9.10. The summed E-state index contributed by atoms with van der Waals surface area (Å²) in [5.74, 6) is 0.925. The standard InChI is InChI=1S/C22H26BrN3O3/c1-28-20-13-16(14-24-26-18-10-6-3-7-11-18)12-19(23)22(20)29-15-21(27)25-17-8-4-2-5-9-17/h3,6-7,10-14,17,26H,2,4-5,8-9,15H2,1H3,(H,25,27). The van der Waals surface area contributed by atoms with E-state index < -0.39 is 0 Å². The Kier molecular flexibility index (Phi) is 7.93. The lowest BCUT2D eigenvalue weighted by atomic mass is 9.95. The second-order valence-electron chi connectivity index (χ2n) is 6.96. The second kappa shape index (κ2) is 10.9. The molecule has 2 aromatic carbocycles. The van der Waals surface area contributed by atoms with Gasteiger partial charge in [0.1, 0.15) is 0 Å². The topological polar surface area (TPSA) is 71.9 Å². The van der Waals surface area contributed by atoms with Gasteiger partial charge in [-0.2, -0.15) is 5.10 Å². The van der Waals surface area contributed by atoms with Gasteiger partial charge in [0.2, 0.25) is 0 Å². The SMILES string of the molecule is COc1cc(C=NNc2ccccc2)cc(Br)c1OCC(=O)NC1CCCCC1. The molecule has 1 amide bonds. The average molecular weight is 460 g/mol. The zero-order valence-corrected chi connectivity index (χ0v) is 18.1. The number of nitrogens with one attached hydrogen (secondary N) is 2. The van der Waals surface area contributed by atoms with E-state index in [2.05, 4.69) is 31.8 Å². The van der Waals surface area contributed by atoms with E-state index in [-0.39, 0.29) is 18.6 Å². The van der Waals surface area contributed by atoms with Crippen LogP contribution in [0.4, 0.5) is 5.69 Å². The number of anilines is 1. The van der Waals surface area contributed by atoms with E-state index in [9.17, 15) is 4.79 Å². The molecule has 0 spiro atoms. The molecule has 29 heavy (non-hydrogen) atoms. The van der Waals surface area contributed by atoms with Gasteiger partial charge < -0.3 is 14.8 Å². The van der Waals surface area contributed by atoms with Gasteiger partial charge in [-0.25, -0.2) is 0 Å². The molecule has 0 atom stereocenters. The molecule has 6 nitrogen and oxygen atoms in total. The van der Waals surface area contributed by atoms with Gasteiger partial charge in [0, 0.05) is 6.04 Å². The third-order valence-electron chi connectivity index (χ3n) is 4.75. The lowest BCUT2D eigenvalue weighted by molar-refractivity contribution is -0.124. The van der Waals surface area contributed by atoms with Crippen LogP contribution >= 0.6 is 15.9 Å². The molecular formula is C22H26BrN3O3. The van der Waals surface area contributed by atoms with Gasteiger partial charge in [0.25, 0.3) is 5.91 Å². The summed E-state index contributed by atoms with van der Waals surface area (Å²) < 4.78 is 11.9. The highest BCUT2D eigenvalue weighted by atomic mass is 79.9. The number of carbonyl (C=O) groups is 1. The molecule has 154 valence electrons. The Morgan fingerprint density at radius 3 is 2.69 bits per heavy atom. The predicted octanol–water partition coefficient (Wildman–Crippen LogP) is 4.73. The summed E-state index contributed by atoms with van der Waals surface area (Å²) in [6.07, 6.45) is 7.39. The smallest absolute Gasteiger partial charge is 0.258 e. The molecule has 7 heteroatoms. The lowest BCUT2D eigenvalue weighted by Gasteiger charge is -2.23. The van der Waals surface area contributed by atoms with Crippen LogP contribution in [0.25, 0.3) is 0 Å². The fourth-order valence-corrected chi connectivity index (χ4v) is 3.88. The largest absolute Gasteiger partial charge is 0.493 e. The van der Waals surface area contributed by atoms with Crippen LogP contribution in [-0.4, -0.2) is 31.9 Å². The fourth-order valence-electron chi connectivity index (χ4n) is 3.30. The van der Waals surface area contributed by atoms with E-state index in [1.165, 1.54) is 19.3 Å². The third-order valence-corrected chi connectivity index (χ3v) is 5.34. The molecule has 1 aliphatic rings. The number of carbonyl (C=O) groups excluding carboxylic acids is 1. The van der Waals surface area contributed by atoms with Crippen molar-refractivity contribution in [1.29, 1.82) is 0 Å². The van der Waals surface area contributed by atoms with Crippen LogP contribution in [0.5, 0.6) is 11.5 Å². The van der Waals surface area contributed by atoms with Crippen molar-refractivity contribution in [2.24, 2.45) is 5.10 Å². The Bertz CT molecular complexity index is 837. The first-order valence-corrected chi connectivity index (χ1v) is 10.6. The van der Waals surface area contributed by atoms with Crippen molar-refractivity contribution < 1.29 is 14.3 Å². The molecule has 0 radical (unpaired) electrons. The van der Waals surface area contributed by atoms with Crippen LogP contribution in [-0.2, 0) is 4.79 Å². The average Bonchev–Trinajstić information content (AvgIpc) is 2.74. The first-order chi connectivity index (χ1) is 14.2. The maximum Gasteiger partial charge on any atom is 0.258 e. The van der Waals surface area contributed by atoms with Gasteiger partial charge in [-0.3, -0.25) is 10.2 Å². The van der Waals surface area contributed by atoms with Crippen molar-refractivity contribution in [2.45, 2.75) is 38.1 Å². The number of amides is 1. The van der Waals surface area contributed by atoms with Crippen LogP contribution in [0.15, 0.2) is 52.0 Å². The Labute approximate surface area is 179 Å². The molecule has 3 rings (SSSR count). The maximum atomic E-state index is 12.2. The summed E-state index contributed by atoms with van der Waals surface area (Å²) in [4.78, 5) is 12.2. The number of halogens is 1. The van der Waals surface area contributed by atoms with Gasteiger partial charge >= 0.3 is 0 Å². The van der Waals surface area contributed by atoms with Crippen molar-refractivity contribution in [2.75, 3.05) is 19.1 Å².